The third-order valence-corrected chi connectivity index (χ3v) is 5.73. The molecule has 0 N–H and O–H groups in total. The maximum absolute atomic E-state index is 11.8. The van der Waals surface area contributed by atoms with Crippen molar-refractivity contribution in [2.45, 2.75) is 12.8 Å². The van der Waals surface area contributed by atoms with Gasteiger partial charge >= 0.3 is 0 Å². The van der Waals surface area contributed by atoms with Gasteiger partial charge in [-0.15, -0.1) is 11.3 Å². The van der Waals surface area contributed by atoms with Crippen molar-refractivity contribution in [3.05, 3.63) is 47.3 Å². The number of hydrogen-bond donors (Lipinski definition) is 0. The zero-order valence-electron chi connectivity index (χ0n) is 14.2. The van der Waals surface area contributed by atoms with E-state index in [1.54, 1.807) is 16.2 Å². The second kappa shape index (κ2) is 5.85. The van der Waals surface area contributed by atoms with Gasteiger partial charge in [0.05, 0.1) is 5.69 Å². The van der Waals surface area contributed by atoms with Crippen LogP contribution < -0.4 is 14.4 Å². The molecule has 5 nitrogen and oxygen atoms in total. The molecule has 26 heavy (non-hydrogen) atoms. The second-order valence-electron chi connectivity index (χ2n) is 6.40. The number of aryl methyl sites for hydroxylation is 1. The minimum Gasteiger partial charge on any atom is -0.454 e. The Morgan fingerprint density at radius 1 is 1.04 bits per heavy atom. The van der Waals surface area contributed by atoms with Crippen LogP contribution in [0.1, 0.15) is 12.0 Å². The molecule has 2 aromatic carbocycles. The van der Waals surface area contributed by atoms with Crippen LogP contribution in [-0.4, -0.2) is 24.7 Å². The molecule has 2 aliphatic heterocycles. The van der Waals surface area contributed by atoms with Crippen LogP contribution in [0.5, 0.6) is 11.5 Å². The zero-order valence-corrected chi connectivity index (χ0v) is 15.0. The number of nitrogens with zero attached hydrogens (tertiary/aromatic N) is 2. The molecule has 0 fully saturated rings. The molecule has 3 heterocycles. The molecular formula is C20H16N2O3S. The quantitative estimate of drug-likeness (QED) is 0.687. The summed E-state index contributed by atoms with van der Waals surface area (Å²) in [6, 6.07) is 12.1. The molecule has 0 spiro atoms. The highest BCUT2D eigenvalue weighted by atomic mass is 32.1. The van der Waals surface area contributed by atoms with Crippen LogP contribution in [0, 0.1) is 0 Å². The normalized spacial score (nSPS) is 15.3. The first-order chi connectivity index (χ1) is 12.7. The minimum absolute atomic E-state index is 0.170. The molecule has 5 rings (SSSR count). The highest BCUT2D eigenvalue weighted by Gasteiger charge is 2.21. The lowest BCUT2D eigenvalue weighted by Crippen LogP contribution is -2.30. The van der Waals surface area contributed by atoms with Crippen LogP contribution in [0.3, 0.4) is 0 Å². The molecule has 0 aliphatic carbocycles. The van der Waals surface area contributed by atoms with E-state index < -0.39 is 0 Å². The van der Waals surface area contributed by atoms with Crippen LogP contribution in [0.4, 0.5) is 5.69 Å². The fraction of sp³-hybridized carbons (Fsp3) is 0.200. The average molecular weight is 364 g/mol. The van der Waals surface area contributed by atoms with E-state index in [1.165, 1.54) is 5.56 Å². The Balaban J connectivity index is 1.48. The molecule has 2 aliphatic rings. The summed E-state index contributed by atoms with van der Waals surface area (Å²) in [5.41, 5.74) is 5.24. The molecule has 0 radical (unpaired) electrons. The Kier molecular flexibility index (Phi) is 3.46. The number of ether oxygens (including phenoxy) is 2. The molecule has 0 saturated carbocycles. The average Bonchev–Trinajstić information content (AvgIpc) is 3.33. The van der Waals surface area contributed by atoms with Crippen LogP contribution >= 0.6 is 11.3 Å². The Morgan fingerprint density at radius 3 is 2.81 bits per heavy atom. The molecule has 130 valence electrons. The van der Waals surface area contributed by atoms with Crippen molar-refractivity contribution in [1.82, 2.24) is 4.98 Å². The summed E-state index contributed by atoms with van der Waals surface area (Å²) in [6.45, 7) is 0.272. The Bertz CT molecular complexity index is 1030. The van der Waals surface area contributed by atoms with Gasteiger partial charge in [-0.25, -0.2) is 4.98 Å². The highest BCUT2D eigenvalue weighted by molar-refractivity contribution is 7.13. The van der Waals surface area contributed by atoms with Crippen molar-refractivity contribution in [2.75, 3.05) is 18.7 Å². The first-order valence-corrected chi connectivity index (χ1v) is 9.32. The second-order valence-corrected chi connectivity index (χ2v) is 7.26. The van der Waals surface area contributed by atoms with Crippen molar-refractivity contribution < 1.29 is 14.3 Å². The van der Waals surface area contributed by atoms with Gasteiger partial charge in [-0.2, -0.15) is 0 Å². The molecule has 0 bridgehead atoms. The van der Waals surface area contributed by atoms with E-state index in [4.69, 9.17) is 14.5 Å². The number of rotatable bonds is 2. The first kappa shape index (κ1) is 15.4. The Labute approximate surface area is 154 Å². The maximum Gasteiger partial charge on any atom is 0.231 e. The Morgan fingerprint density at radius 2 is 1.88 bits per heavy atom. The molecule has 0 atom stereocenters. The number of fused-ring (bicyclic) bond motifs is 2. The highest BCUT2D eigenvalue weighted by Crippen LogP contribution is 2.38. The fourth-order valence-electron chi connectivity index (χ4n) is 3.38. The van der Waals surface area contributed by atoms with Crippen molar-refractivity contribution in [3.8, 4) is 33.3 Å². The molecule has 6 heteroatoms. The van der Waals surface area contributed by atoms with Gasteiger partial charge in [-0.05, 0) is 42.3 Å². The van der Waals surface area contributed by atoms with Gasteiger partial charge in [0.15, 0.2) is 11.5 Å². The summed E-state index contributed by atoms with van der Waals surface area (Å²) in [5, 5.41) is 3.02. The standard InChI is InChI=1S/C20H16N2O3S/c1-22-16-5-2-12(8-13(16)4-7-19(22)23)15-10-26-20(21-15)14-3-6-17-18(9-14)25-11-24-17/h2-3,5-6,8-10H,4,7,11H2,1H3. The van der Waals surface area contributed by atoms with Crippen LogP contribution in [0.25, 0.3) is 21.8 Å². The molecule has 0 unspecified atom stereocenters. The lowest BCUT2D eigenvalue weighted by Gasteiger charge is -2.26. The van der Waals surface area contributed by atoms with Crippen molar-refractivity contribution in [1.29, 1.82) is 0 Å². The fourth-order valence-corrected chi connectivity index (χ4v) is 4.21. The summed E-state index contributed by atoms with van der Waals surface area (Å²) >= 11 is 1.61. The van der Waals surface area contributed by atoms with E-state index >= 15 is 0 Å². The molecule has 1 amide bonds. The topological polar surface area (TPSA) is 51.7 Å². The van der Waals surface area contributed by atoms with E-state index in [0.717, 1.165) is 45.4 Å². The van der Waals surface area contributed by atoms with Crippen LogP contribution in [0.15, 0.2) is 41.8 Å². The number of thiazole rings is 1. The summed E-state index contributed by atoms with van der Waals surface area (Å²) in [4.78, 5) is 18.4. The number of aromatic nitrogens is 1. The van der Waals surface area contributed by atoms with Crippen molar-refractivity contribution in [3.63, 3.8) is 0 Å². The van der Waals surface area contributed by atoms with Gasteiger partial charge in [0.1, 0.15) is 5.01 Å². The van der Waals surface area contributed by atoms with Crippen LogP contribution in [-0.2, 0) is 11.2 Å². The smallest absolute Gasteiger partial charge is 0.231 e. The summed E-state index contributed by atoms with van der Waals surface area (Å²) < 4.78 is 10.8. The molecule has 1 aromatic heterocycles. The number of carbonyl (C=O) groups is 1. The van der Waals surface area contributed by atoms with Crippen LogP contribution in [0.2, 0.25) is 0 Å². The summed E-state index contributed by atoms with van der Waals surface area (Å²) in [6.07, 6.45) is 1.35. The number of amides is 1. The van der Waals surface area contributed by atoms with Crippen molar-refractivity contribution >= 4 is 22.9 Å². The monoisotopic (exact) mass is 364 g/mol. The predicted molar refractivity (Wildman–Crippen MR) is 101 cm³/mol. The number of hydrogen-bond acceptors (Lipinski definition) is 5. The minimum atomic E-state index is 0.170. The SMILES string of the molecule is CN1C(=O)CCc2cc(-c3csc(-c4ccc5c(c4)OCO5)n3)ccc21. The number of benzene rings is 2. The number of carbonyl (C=O) groups excluding carboxylic acids is 1. The lowest BCUT2D eigenvalue weighted by molar-refractivity contribution is -0.118. The van der Waals surface area contributed by atoms with E-state index in [9.17, 15) is 4.79 Å². The van der Waals surface area contributed by atoms with E-state index in [0.29, 0.717) is 6.42 Å². The zero-order chi connectivity index (χ0) is 17.7. The molecule has 0 saturated heterocycles. The third kappa shape index (κ3) is 2.45. The number of anilines is 1. The summed E-state index contributed by atoms with van der Waals surface area (Å²) in [5.74, 6) is 1.71. The first-order valence-electron chi connectivity index (χ1n) is 8.44. The van der Waals surface area contributed by atoms with Gasteiger partial charge in [0, 0.05) is 35.7 Å². The van der Waals surface area contributed by atoms with E-state index in [1.807, 2.05) is 37.4 Å². The van der Waals surface area contributed by atoms with E-state index in [2.05, 4.69) is 11.4 Å². The van der Waals surface area contributed by atoms with Gasteiger partial charge in [-0.1, -0.05) is 6.07 Å². The lowest BCUT2D eigenvalue weighted by atomic mass is 9.98. The maximum atomic E-state index is 11.8. The van der Waals surface area contributed by atoms with Gasteiger partial charge in [-0.3, -0.25) is 4.79 Å². The molecular weight excluding hydrogens is 348 g/mol. The predicted octanol–water partition coefficient (Wildman–Crippen LogP) is 4.11. The van der Waals surface area contributed by atoms with Gasteiger partial charge < -0.3 is 14.4 Å². The molecule has 3 aromatic rings. The third-order valence-electron chi connectivity index (χ3n) is 4.84. The Hall–Kier alpha value is -2.86. The van der Waals surface area contributed by atoms with Gasteiger partial charge in [0.25, 0.3) is 0 Å². The summed E-state index contributed by atoms with van der Waals surface area (Å²) in [7, 11) is 1.83. The van der Waals surface area contributed by atoms with Gasteiger partial charge in [0.2, 0.25) is 12.7 Å². The van der Waals surface area contributed by atoms with E-state index in [-0.39, 0.29) is 12.7 Å². The van der Waals surface area contributed by atoms with Crippen molar-refractivity contribution in [2.24, 2.45) is 0 Å². The largest absolute Gasteiger partial charge is 0.454 e.